The number of nitrogens with zero attached hydrogens (tertiary/aromatic N) is 2. The average molecular weight is 239 g/mol. The largest absolute Gasteiger partial charge is 0.493 e. The maximum absolute atomic E-state index is 5.69. The van der Waals surface area contributed by atoms with Crippen LogP contribution in [0, 0.1) is 0 Å². The number of aromatic nitrogens is 2. The minimum atomic E-state index is 0.312. The van der Waals surface area contributed by atoms with Crippen LogP contribution in [0.15, 0.2) is 18.2 Å². The van der Waals surface area contributed by atoms with Crippen LogP contribution >= 0.6 is 23.1 Å². The highest BCUT2D eigenvalue weighted by molar-refractivity contribution is 7.09. The molecule has 76 valence electrons. The molecule has 0 unspecified atom stereocenters. The maximum Gasteiger partial charge on any atom is 0.234 e. The molecule has 15 heavy (non-hydrogen) atoms. The number of hydrogen-bond acceptors (Lipinski definition) is 4. The Hall–Kier alpha value is -1.13. The minimum Gasteiger partial charge on any atom is -0.493 e. The second-order valence-electron chi connectivity index (χ2n) is 3.29. The summed E-state index contributed by atoms with van der Waals surface area (Å²) < 4.78 is 9.39. The van der Waals surface area contributed by atoms with Crippen molar-refractivity contribution in [1.82, 2.24) is 9.36 Å². The van der Waals surface area contributed by atoms with E-state index in [0.717, 1.165) is 29.3 Å². The fraction of sp³-hybridized carbons (Fsp3) is 0.200. The predicted octanol–water partition coefficient (Wildman–Crippen LogP) is 2.79. The van der Waals surface area contributed by atoms with Gasteiger partial charge >= 0.3 is 0 Å². The Morgan fingerprint density at radius 1 is 1.40 bits per heavy atom. The van der Waals surface area contributed by atoms with Crippen LogP contribution < -0.4 is 4.74 Å². The van der Waals surface area contributed by atoms with E-state index in [0.29, 0.717) is 5.28 Å². The van der Waals surface area contributed by atoms with Gasteiger partial charge in [0.1, 0.15) is 10.8 Å². The summed E-state index contributed by atoms with van der Waals surface area (Å²) >= 11 is 7.01. The van der Waals surface area contributed by atoms with Crippen molar-refractivity contribution in [2.24, 2.45) is 0 Å². The smallest absolute Gasteiger partial charge is 0.234 e. The summed E-state index contributed by atoms with van der Waals surface area (Å²) in [4.78, 5) is 4.14. The molecule has 3 nitrogen and oxygen atoms in total. The maximum atomic E-state index is 5.69. The van der Waals surface area contributed by atoms with Gasteiger partial charge in [-0.2, -0.15) is 4.37 Å². The summed E-state index contributed by atoms with van der Waals surface area (Å²) in [6.45, 7) is 0.773. The van der Waals surface area contributed by atoms with Gasteiger partial charge in [0.15, 0.2) is 0 Å². The van der Waals surface area contributed by atoms with Crippen LogP contribution in [-0.2, 0) is 6.42 Å². The van der Waals surface area contributed by atoms with Gasteiger partial charge in [-0.25, -0.2) is 4.98 Å². The summed E-state index contributed by atoms with van der Waals surface area (Å²) in [5.74, 6) is 0.981. The molecule has 2 aromatic rings. The molecule has 0 fully saturated rings. The summed E-state index contributed by atoms with van der Waals surface area (Å²) in [5.41, 5.74) is 2.29. The van der Waals surface area contributed by atoms with Gasteiger partial charge in [0.25, 0.3) is 0 Å². The van der Waals surface area contributed by atoms with E-state index in [1.807, 2.05) is 12.1 Å². The molecule has 1 aliphatic heterocycles. The monoisotopic (exact) mass is 238 g/mol. The van der Waals surface area contributed by atoms with Crippen LogP contribution in [0.4, 0.5) is 0 Å². The Balaban J connectivity index is 2.06. The van der Waals surface area contributed by atoms with Gasteiger partial charge in [-0.05, 0) is 46.9 Å². The number of halogens is 1. The molecule has 2 heterocycles. The van der Waals surface area contributed by atoms with E-state index in [1.165, 1.54) is 17.1 Å². The topological polar surface area (TPSA) is 35.0 Å². The van der Waals surface area contributed by atoms with Gasteiger partial charge in [-0.15, -0.1) is 0 Å². The molecule has 0 spiro atoms. The number of ether oxygens (including phenoxy) is 1. The van der Waals surface area contributed by atoms with Crippen LogP contribution in [0.3, 0.4) is 0 Å². The summed E-state index contributed by atoms with van der Waals surface area (Å²) in [7, 11) is 0. The summed E-state index contributed by atoms with van der Waals surface area (Å²) in [5, 5.41) is 1.17. The molecule has 0 radical (unpaired) electrons. The second-order valence-corrected chi connectivity index (χ2v) is 4.38. The molecule has 1 aromatic heterocycles. The second kappa shape index (κ2) is 3.47. The highest BCUT2D eigenvalue weighted by atomic mass is 35.5. The fourth-order valence-electron chi connectivity index (χ4n) is 1.64. The lowest BCUT2D eigenvalue weighted by atomic mass is 10.1. The van der Waals surface area contributed by atoms with Crippen LogP contribution in [0.1, 0.15) is 5.56 Å². The zero-order valence-corrected chi connectivity index (χ0v) is 9.31. The van der Waals surface area contributed by atoms with Gasteiger partial charge in [-0.3, -0.25) is 0 Å². The van der Waals surface area contributed by atoms with Crippen molar-refractivity contribution >= 4 is 23.1 Å². The molecule has 1 aliphatic rings. The van der Waals surface area contributed by atoms with Crippen LogP contribution in [0.25, 0.3) is 10.6 Å². The number of hydrogen-bond donors (Lipinski definition) is 0. The van der Waals surface area contributed by atoms with Crippen molar-refractivity contribution in [2.75, 3.05) is 6.61 Å². The normalized spacial score (nSPS) is 13.7. The molecule has 0 N–H and O–H groups in total. The fourth-order valence-corrected chi connectivity index (χ4v) is 2.44. The zero-order valence-electron chi connectivity index (χ0n) is 7.74. The first-order valence-corrected chi connectivity index (χ1v) is 5.73. The van der Waals surface area contributed by atoms with Crippen molar-refractivity contribution in [2.45, 2.75) is 6.42 Å². The molecule has 5 heteroatoms. The van der Waals surface area contributed by atoms with Gasteiger partial charge in [0.2, 0.25) is 5.28 Å². The van der Waals surface area contributed by atoms with Gasteiger partial charge in [0, 0.05) is 12.0 Å². The van der Waals surface area contributed by atoms with E-state index in [9.17, 15) is 0 Å². The van der Waals surface area contributed by atoms with Crippen LogP contribution in [0.5, 0.6) is 5.75 Å². The summed E-state index contributed by atoms with van der Waals surface area (Å²) in [6.07, 6.45) is 0.968. The van der Waals surface area contributed by atoms with Gasteiger partial charge in [0.05, 0.1) is 6.61 Å². The summed E-state index contributed by atoms with van der Waals surface area (Å²) in [6, 6.07) is 6.06. The number of benzene rings is 1. The van der Waals surface area contributed by atoms with E-state index in [-0.39, 0.29) is 0 Å². The van der Waals surface area contributed by atoms with E-state index in [2.05, 4.69) is 15.4 Å². The number of rotatable bonds is 1. The molecule has 3 rings (SSSR count). The van der Waals surface area contributed by atoms with Crippen molar-refractivity contribution in [3.8, 4) is 16.3 Å². The third-order valence-electron chi connectivity index (χ3n) is 2.34. The third kappa shape index (κ3) is 1.60. The van der Waals surface area contributed by atoms with E-state index in [4.69, 9.17) is 16.3 Å². The van der Waals surface area contributed by atoms with Crippen molar-refractivity contribution in [1.29, 1.82) is 0 Å². The average Bonchev–Trinajstić information content (AvgIpc) is 2.84. The standard InChI is InChI=1S/C10H7ClN2OS/c11-10-12-9(15-13-10)7-1-2-8-6(5-7)3-4-14-8/h1-2,5H,3-4H2. The van der Waals surface area contributed by atoms with E-state index >= 15 is 0 Å². The van der Waals surface area contributed by atoms with Gasteiger partial charge < -0.3 is 4.74 Å². The molecular formula is C10H7ClN2OS. The first-order chi connectivity index (χ1) is 7.33. The quantitative estimate of drug-likeness (QED) is 0.766. The Morgan fingerprint density at radius 2 is 2.33 bits per heavy atom. The van der Waals surface area contributed by atoms with E-state index < -0.39 is 0 Å². The highest BCUT2D eigenvalue weighted by Gasteiger charge is 2.14. The third-order valence-corrected chi connectivity index (χ3v) is 3.37. The lowest BCUT2D eigenvalue weighted by Crippen LogP contribution is -1.85. The Labute approximate surface area is 95.9 Å². The lowest BCUT2D eigenvalue weighted by Gasteiger charge is -2.00. The molecule has 0 amide bonds. The van der Waals surface area contributed by atoms with Crippen LogP contribution in [0.2, 0.25) is 5.28 Å². The first kappa shape index (κ1) is 9.12. The van der Waals surface area contributed by atoms with Crippen molar-refractivity contribution < 1.29 is 4.74 Å². The van der Waals surface area contributed by atoms with Crippen molar-refractivity contribution in [3.05, 3.63) is 29.0 Å². The Bertz CT molecular complexity index is 512. The SMILES string of the molecule is Clc1nsc(-c2ccc3c(c2)CCO3)n1. The predicted molar refractivity (Wildman–Crippen MR) is 59.6 cm³/mol. The molecular weight excluding hydrogens is 232 g/mol. The van der Waals surface area contributed by atoms with Gasteiger partial charge in [-0.1, -0.05) is 0 Å². The molecule has 0 saturated carbocycles. The van der Waals surface area contributed by atoms with Crippen molar-refractivity contribution in [3.63, 3.8) is 0 Å². The molecule has 0 bridgehead atoms. The molecule has 0 aliphatic carbocycles. The Kier molecular flexibility index (Phi) is 2.11. The zero-order chi connectivity index (χ0) is 10.3. The van der Waals surface area contributed by atoms with E-state index in [1.54, 1.807) is 0 Å². The minimum absolute atomic E-state index is 0.312. The van der Waals surface area contributed by atoms with Crippen LogP contribution in [-0.4, -0.2) is 16.0 Å². The first-order valence-electron chi connectivity index (χ1n) is 4.58. The number of fused-ring (bicyclic) bond motifs is 1. The molecule has 0 saturated heterocycles. The molecule has 0 atom stereocenters. The lowest BCUT2D eigenvalue weighted by molar-refractivity contribution is 0.357. The highest BCUT2D eigenvalue weighted by Crippen LogP contribution is 2.31. The Morgan fingerprint density at radius 3 is 3.13 bits per heavy atom. The molecule has 1 aromatic carbocycles.